The molecule has 0 spiro atoms. The summed E-state index contributed by atoms with van der Waals surface area (Å²) in [5.41, 5.74) is 1.25. The Labute approximate surface area is 115 Å². The molecule has 1 aromatic carbocycles. The molecular weight excluding hydrogens is 234 g/mol. The van der Waals surface area contributed by atoms with Gasteiger partial charge in [-0.25, -0.2) is 0 Å². The first-order valence-corrected chi connectivity index (χ1v) is 7.36. The number of amides is 1. The first kappa shape index (κ1) is 12.7. The van der Waals surface area contributed by atoms with Crippen molar-refractivity contribution in [3.05, 3.63) is 35.9 Å². The molecule has 3 aliphatic rings. The van der Waals surface area contributed by atoms with Gasteiger partial charge < -0.3 is 5.32 Å². The van der Waals surface area contributed by atoms with E-state index in [4.69, 9.17) is 0 Å². The number of benzene rings is 1. The summed E-state index contributed by atoms with van der Waals surface area (Å²) >= 11 is 0. The van der Waals surface area contributed by atoms with Crippen molar-refractivity contribution in [2.45, 2.75) is 39.7 Å². The Hall–Kier alpha value is -1.31. The van der Waals surface area contributed by atoms with Crippen molar-refractivity contribution < 1.29 is 4.79 Å². The number of carbonyl (C=O) groups excluding carboxylic acids is 1. The molecule has 3 aliphatic carbocycles. The summed E-state index contributed by atoms with van der Waals surface area (Å²) in [7, 11) is 0. The highest BCUT2D eigenvalue weighted by Gasteiger charge is 2.56. The van der Waals surface area contributed by atoms with E-state index in [0.717, 1.165) is 23.8 Å². The van der Waals surface area contributed by atoms with Gasteiger partial charge in [0.15, 0.2) is 0 Å². The van der Waals surface area contributed by atoms with E-state index >= 15 is 0 Å². The van der Waals surface area contributed by atoms with E-state index in [-0.39, 0.29) is 5.91 Å². The average Bonchev–Trinajstić information content (AvgIpc) is 2.41. The average molecular weight is 257 g/mol. The number of hydrogen-bond donors (Lipinski definition) is 1. The highest BCUT2D eigenvalue weighted by atomic mass is 16.1. The molecule has 19 heavy (non-hydrogen) atoms. The van der Waals surface area contributed by atoms with Crippen molar-refractivity contribution in [3.8, 4) is 0 Å². The lowest BCUT2D eigenvalue weighted by Crippen LogP contribution is -2.60. The first-order chi connectivity index (χ1) is 9.00. The lowest BCUT2D eigenvalue weighted by molar-refractivity contribution is -0.113. The Morgan fingerprint density at radius 2 is 1.89 bits per heavy atom. The van der Waals surface area contributed by atoms with Crippen molar-refractivity contribution in [2.75, 3.05) is 0 Å². The van der Waals surface area contributed by atoms with Crippen LogP contribution in [0.2, 0.25) is 0 Å². The zero-order valence-corrected chi connectivity index (χ0v) is 12.0. The fourth-order valence-corrected chi connectivity index (χ4v) is 4.18. The van der Waals surface area contributed by atoms with Gasteiger partial charge in [0, 0.05) is 11.6 Å². The second kappa shape index (κ2) is 4.36. The van der Waals surface area contributed by atoms with Crippen molar-refractivity contribution in [3.63, 3.8) is 0 Å². The summed E-state index contributed by atoms with van der Waals surface area (Å²) in [6.07, 6.45) is 2.50. The summed E-state index contributed by atoms with van der Waals surface area (Å²) in [5.74, 6) is 2.23. The molecule has 4 atom stereocenters. The number of rotatable bonds is 2. The molecule has 0 heterocycles. The fraction of sp³-hybridized carbons (Fsp3) is 0.588. The third kappa shape index (κ3) is 1.98. The molecule has 0 unspecified atom stereocenters. The van der Waals surface area contributed by atoms with Gasteiger partial charge in [-0.3, -0.25) is 4.79 Å². The smallest absolute Gasteiger partial charge is 0.251 e. The summed E-state index contributed by atoms with van der Waals surface area (Å²) < 4.78 is 0. The van der Waals surface area contributed by atoms with Crippen molar-refractivity contribution in [1.82, 2.24) is 5.32 Å². The Bertz CT molecular complexity index is 479. The van der Waals surface area contributed by atoms with Gasteiger partial charge in [-0.15, -0.1) is 0 Å². The molecule has 2 nitrogen and oxygen atoms in total. The van der Waals surface area contributed by atoms with Crippen LogP contribution in [0, 0.1) is 23.2 Å². The zero-order chi connectivity index (χ0) is 13.6. The van der Waals surface area contributed by atoms with Crippen LogP contribution in [0.1, 0.15) is 44.0 Å². The van der Waals surface area contributed by atoms with Gasteiger partial charge in [0.1, 0.15) is 0 Å². The Balaban J connectivity index is 1.68. The summed E-state index contributed by atoms with van der Waals surface area (Å²) in [6, 6.07) is 9.89. The lowest BCUT2D eigenvalue weighted by atomic mass is 9.45. The van der Waals surface area contributed by atoms with Crippen LogP contribution in [0.3, 0.4) is 0 Å². The molecule has 0 aromatic heterocycles. The normalized spacial score (nSPS) is 35.3. The van der Waals surface area contributed by atoms with Gasteiger partial charge in [0.25, 0.3) is 5.91 Å². The highest BCUT2D eigenvalue weighted by molar-refractivity contribution is 5.94. The van der Waals surface area contributed by atoms with Crippen LogP contribution in [0.4, 0.5) is 0 Å². The van der Waals surface area contributed by atoms with Crippen LogP contribution >= 0.6 is 0 Å². The van der Waals surface area contributed by atoms with Crippen molar-refractivity contribution in [2.24, 2.45) is 23.2 Å². The third-order valence-corrected chi connectivity index (χ3v) is 5.71. The van der Waals surface area contributed by atoms with Gasteiger partial charge in [0.2, 0.25) is 0 Å². The predicted octanol–water partition coefficient (Wildman–Crippen LogP) is 3.49. The van der Waals surface area contributed by atoms with Crippen LogP contribution in [-0.4, -0.2) is 11.9 Å². The standard InChI is InChI=1S/C17H23NO/c1-11-14-9-13(17(14,2)3)10-15(11)18-16(19)12-7-5-4-6-8-12/h4-8,11,13-15H,9-10H2,1-3H3,(H,18,19)/t11-,13+,14+,15-/m0/s1. The maximum Gasteiger partial charge on any atom is 0.251 e. The van der Waals surface area contributed by atoms with Crippen molar-refractivity contribution >= 4 is 5.91 Å². The number of carbonyl (C=O) groups is 1. The molecule has 1 amide bonds. The highest BCUT2D eigenvalue weighted by Crippen LogP contribution is 2.61. The van der Waals surface area contributed by atoms with E-state index in [9.17, 15) is 4.79 Å². The van der Waals surface area contributed by atoms with Crippen LogP contribution in [0.5, 0.6) is 0 Å². The minimum absolute atomic E-state index is 0.0801. The van der Waals surface area contributed by atoms with Gasteiger partial charge in [-0.2, -0.15) is 0 Å². The van der Waals surface area contributed by atoms with Gasteiger partial charge >= 0.3 is 0 Å². The van der Waals surface area contributed by atoms with Crippen molar-refractivity contribution in [1.29, 1.82) is 0 Å². The summed E-state index contributed by atoms with van der Waals surface area (Å²) in [4.78, 5) is 12.2. The lowest BCUT2D eigenvalue weighted by Gasteiger charge is -2.62. The Morgan fingerprint density at radius 1 is 1.21 bits per heavy atom. The molecule has 4 rings (SSSR count). The largest absolute Gasteiger partial charge is 0.349 e. The van der Waals surface area contributed by atoms with E-state index in [1.54, 1.807) is 0 Å². The third-order valence-electron chi connectivity index (χ3n) is 5.71. The van der Waals surface area contributed by atoms with Gasteiger partial charge in [-0.1, -0.05) is 39.0 Å². The number of hydrogen-bond acceptors (Lipinski definition) is 1. The molecule has 102 valence electrons. The van der Waals surface area contributed by atoms with Crippen LogP contribution in [-0.2, 0) is 0 Å². The molecule has 0 radical (unpaired) electrons. The minimum atomic E-state index is 0.0801. The van der Waals surface area contributed by atoms with E-state index in [1.807, 2.05) is 30.3 Å². The Morgan fingerprint density at radius 3 is 2.47 bits per heavy atom. The monoisotopic (exact) mass is 257 g/mol. The zero-order valence-electron chi connectivity index (χ0n) is 12.0. The van der Waals surface area contributed by atoms with E-state index in [1.165, 1.54) is 6.42 Å². The second-order valence-corrected chi connectivity index (χ2v) is 6.90. The fourth-order valence-electron chi connectivity index (χ4n) is 4.18. The van der Waals surface area contributed by atoms with Gasteiger partial charge in [-0.05, 0) is 48.1 Å². The maximum absolute atomic E-state index is 12.2. The van der Waals surface area contributed by atoms with E-state index in [2.05, 4.69) is 26.1 Å². The molecule has 2 bridgehead atoms. The quantitative estimate of drug-likeness (QED) is 0.863. The SMILES string of the molecule is C[C@@H]1[C@@H](NC(=O)c2ccccc2)C[C@H]2C[C@H]1C2(C)C. The molecule has 3 fully saturated rings. The Kier molecular flexibility index (Phi) is 2.92. The molecule has 0 aliphatic heterocycles. The predicted molar refractivity (Wildman–Crippen MR) is 76.9 cm³/mol. The van der Waals surface area contributed by atoms with Crippen LogP contribution < -0.4 is 5.32 Å². The maximum atomic E-state index is 12.2. The molecule has 3 saturated carbocycles. The molecule has 1 N–H and O–H groups in total. The summed E-state index contributed by atoms with van der Waals surface area (Å²) in [6.45, 7) is 7.08. The van der Waals surface area contributed by atoms with E-state index in [0.29, 0.717) is 17.4 Å². The molecular formula is C17H23NO. The molecule has 1 aromatic rings. The number of fused-ring (bicyclic) bond motifs is 2. The topological polar surface area (TPSA) is 29.1 Å². The van der Waals surface area contributed by atoms with Crippen LogP contribution in [0.15, 0.2) is 30.3 Å². The van der Waals surface area contributed by atoms with Gasteiger partial charge in [0.05, 0.1) is 0 Å². The molecule has 0 saturated heterocycles. The molecule has 2 heteroatoms. The second-order valence-electron chi connectivity index (χ2n) is 6.90. The van der Waals surface area contributed by atoms with Crippen LogP contribution in [0.25, 0.3) is 0 Å². The minimum Gasteiger partial charge on any atom is -0.349 e. The summed E-state index contributed by atoms with van der Waals surface area (Å²) in [5, 5.41) is 3.24. The van der Waals surface area contributed by atoms with E-state index < -0.39 is 0 Å². The number of nitrogens with one attached hydrogen (secondary N) is 1. The first-order valence-electron chi connectivity index (χ1n) is 7.36.